The largest absolute Gasteiger partial charge is 0.497 e. The summed E-state index contributed by atoms with van der Waals surface area (Å²) in [5.74, 6) is 1.76. The average molecular weight is 382 g/mol. The van der Waals surface area contributed by atoms with E-state index >= 15 is 0 Å². The van der Waals surface area contributed by atoms with E-state index in [0.717, 1.165) is 35.5 Å². The number of nitrogens with zero attached hydrogens (tertiary/aromatic N) is 1. The first-order valence-electron chi connectivity index (χ1n) is 9.80. The molecule has 0 saturated carbocycles. The van der Waals surface area contributed by atoms with Gasteiger partial charge in [0.2, 0.25) is 0 Å². The molecule has 1 aromatic carbocycles. The van der Waals surface area contributed by atoms with E-state index < -0.39 is 0 Å². The molecule has 1 fully saturated rings. The summed E-state index contributed by atoms with van der Waals surface area (Å²) >= 11 is 0. The maximum absolute atomic E-state index is 12.9. The number of hydrogen-bond donors (Lipinski definition) is 1. The fraction of sp³-hybridized carbons (Fsp3) is 0.409. The molecule has 0 spiro atoms. The van der Waals surface area contributed by atoms with Crippen molar-refractivity contribution in [2.45, 2.75) is 32.2 Å². The van der Waals surface area contributed by atoms with E-state index in [1.165, 1.54) is 19.3 Å². The number of methoxy groups -OCH3 is 1. The maximum Gasteiger partial charge on any atom is 0.287 e. The van der Waals surface area contributed by atoms with Gasteiger partial charge in [-0.2, -0.15) is 0 Å². The first-order chi connectivity index (χ1) is 13.7. The molecule has 6 heteroatoms. The number of hydrogen-bond acceptors (Lipinski definition) is 5. The number of fused-ring (bicyclic) bond motifs is 1. The monoisotopic (exact) mass is 382 g/mol. The number of amides is 1. The van der Waals surface area contributed by atoms with Gasteiger partial charge in [-0.3, -0.25) is 9.69 Å². The van der Waals surface area contributed by atoms with Gasteiger partial charge in [0.1, 0.15) is 17.1 Å². The van der Waals surface area contributed by atoms with Gasteiger partial charge in [0.15, 0.2) is 5.76 Å². The molecular weight excluding hydrogens is 356 g/mol. The predicted octanol–water partition coefficient (Wildman–Crippen LogP) is 4.30. The molecule has 1 aliphatic heterocycles. The van der Waals surface area contributed by atoms with Crippen molar-refractivity contribution in [2.24, 2.45) is 0 Å². The summed E-state index contributed by atoms with van der Waals surface area (Å²) in [6.07, 6.45) is 5.30. The Hall–Kier alpha value is -2.73. The van der Waals surface area contributed by atoms with E-state index in [1.54, 1.807) is 13.4 Å². The molecule has 6 nitrogen and oxygen atoms in total. The number of carbonyl (C=O) groups is 1. The van der Waals surface area contributed by atoms with Crippen LogP contribution < -0.4 is 10.1 Å². The second kappa shape index (κ2) is 8.10. The number of piperidine rings is 1. The van der Waals surface area contributed by atoms with Crippen molar-refractivity contribution < 1.29 is 18.4 Å². The number of benzene rings is 1. The van der Waals surface area contributed by atoms with Crippen LogP contribution in [0.3, 0.4) is 0 Å². The van der Waals surface area contributed by atoms with Gasteiger partial charge in [0, 0.05) is 17.5 Å². The third-order valence-electron chi connectivity index (χ3n) is 5.51. The molecule has 0 radical (unpaired) electrons. The minimum absolute atomic E-state index is 0.0315. The molecule has 0 unspecified atom stereocenters. The van der Waals surface area contributed by atoms with E-state index in [1.807, 2.05) is 37.3 Å². The van der Waals surface area contributed by atoms with Gasteiger partial charge in [-0.25, -0.2) is 0 Å². The molecule has 2 aromatic heterocycles. The molecule has 1 aliphatic rings. The van der Waals surface area contributed by atoms with Crippen LogP contribution in [0.5, 0.6) is 5.75 Å². The highest BCUT2D eigenvalue weighted by molar-refractivity contribution is 5.99. The Balaban J connectivity index is 1.52. The summed E-state index contributed by atoms with van der Waals surface area (Å²) in [6, 6.07) is 9.46. The van der Waals surface area contributed by atoms with Crippen LogP contribution in [-0.4, -0.2) is 37.6 Å². The van der Waals surface area contributed by atoms with E-state index in [9.17, 15) is 4.79 Å². The van der Waals surface area contributed by atoms with Gasteiger partial charge in [0.25, 0.3) is 5.91 Å². The topological polar surface area (TPSA) is 67.8 Å². The number of carbonyl (C=O) groups excluding carboxylic acids is 1. The molecule has 1 amide bonds. The number of likely N-dealkylation sites (tertiary alicyclic amines) is 1. The lowest BCUT2D eigenvalue weighted by atomic mass is 10.1. The zero-order valence-electron chi connectivity index (χ0n) is 16.4. The molecule has 1 atom stereocenters. The Bertz CT molecular complexity index is 939. The zero-order valence-corrected chi connectivity index (χ0v) is 16.4. The van der Waals surface area contributed by atoms with Crippen LogP contribution in [0.2, 0.25) is 0 Å². The maximum atomic E-state index is 12.9. The molecule has 0 aliphatic carbocycles. The van der Waals surface area contributed by atoms with Crippen LogP contribution in [0.15, 0.2) is 45.4 Å². The Kier molecular flexibility index (Phi) is 5.39. The Morgan fingerprint density at radius 3 is 2.79 bits per heavy atom. The lowest BCUT2D eigenvalue weighted by Gasteiger charge is -2.33. The molecular formula is C22H26N2O4. The molecule has 28 heavy (non-hydrogen) atoms. The zero-order chi connectivity index (χ0) is 19.5. The van der Waals surface area contributed by atoms with E-state index in [2.05, 4.69) is 10.2 Å². The second-order valence-electron chi connectivity index (χ2n) is 7.26. The highest BCUT2D eigenvalue weighted by Gasteiger charge is 2.26. The number of furan rings is 2. The average Bonchev–Trinajstić information content (AvgIpc) is 3.37. The summed E-state index contributed by atoms with van der Waals surface area (Å²) in [5, 5.41) is 3.94. The van der Waals surface area contributed by atoms with Crippen molar-refractivity contribution in [3.05, 3.63) is 53.7 Å². The smallest absolute Gasteiger partial charge is 0.287 e. The number of ether oxygens (including phenoxy) is 1. The van der Waals surface area contributed by atoms with Crippen LogP contribution in [0.1, 0.15) is 47.2 Å². The van der Waals surface area contributed by atoms with Gasteiger partial charge in [-0.05, 0) is 63.2 Å². The van der Waals surface area contributed by atoms with Gasteiger partial charge < -0.3 is 18.9 Å². The van der Waals surface area contributed by atoms with Crippen LogP contribution in [0.4, 0.5) is 0 Å². The first-order valence-corrected chi connectivity index (χ1v) is 9.80. The SMILES string of the molecule is COc1ccc2oc(C(=O)NC[C@@H](c3ccco3)N3CCCCC3)c(C)c2c1. The van der Waals surface area contributed by atoms with Crippen LogP contribution in [-0.2, 0) is 0 Å². The van der Waals surface area contributed by atoms with E-state index in [0.29, 0.717) is 17.9 Å². The highest BCUT2D eigenvalue weighted by Crippen LogP contribution is 2.29. The molecule has 1 N–H and O–H groups in total. The Morgan fingerprint density at radius 1 is 1.25 bits per heavy atom. The van der Waals surface area contributed by atoms with Gasteiger partial charge in [-0.15, -0.1) is 0 Å². The summed E-state index contributed by atoms with van der Waals surface area (Å²) in [4.78, 5) is 15.2. The normalized spacial score (nSPS) is 16.2. The van der Waals surface area contributed by atoms with Crippen molar-refractivity contribution >= 4 is 16.9 Å². The Labute approximate surface area is 164 Å². The summed E-state index contributed by atoms with van der Waals surface area (Å²) in [7, 11) is 1.62. The molecule has 1 saturated heterocycles. The van der Waals surface area contributed by atoms with Crippen LogP contribution >= 0.6 is 0 Å². The minimum atomic E-state index is -0.207. The number of aryl methyl sites for hydroxylation is 1. The lowest BCUT2D eigenvalue weighted by molar-refractivity contribution is 0.0888. The number of rotatable bonds is 6. The summed E-state index contributed by atoms with van der Waals surface area (Å²) in [6.45, 7) is 4.41. The van der Waals surface area contributed by atoms with Crippen molar-refractivity contribution in [3.8, 4) is 5.75 Å². The molecule has 4 rings (SSSR count). The third-order valence-corrected chi connectivity index (χ3v) is 5.51. The van der Waals surface area contributed by atoms with Gasteiger partial charge >= 0.3 is 0 Å². The van der Waals surface area contributed by atoms with Gasteiger partial charge in [-0.1, -0.05) is 6.42 Å². The predicted molar refractivity (Wildman–Crippen MR) is 107 cm³/mol. The molecule has 3 heterocycles. The quantitative estimate of drug-likeness (QED) is 0.688. The van der Waals surface area contributed by atoms with Crippen molar-refractivity contribution in [1.82, 2.24) is 10.2 Å². The minimum Gasteiger partial charge on any atom is -0.497 e. The second-order valence-corrected chi connectivity index (χ2v) is 7.26. The van der Waals surface area contributed by atoms with Crippen molar-refractivity contribution in [2.75, 3.05) is 26.7 Å². The van der Waals surface area contributed by atoms with Crippen LogP contribution in [0.25, 0.3) is 11.0 Å². The van der Waals surface area contributed by atoms with Crippen molar-refractivity contribution in [1.29, 1.82) is 0 Å². The number of nitrogens with one attached hydrogen (secondary N) is 1. The van der Waals surface area contributed by atoms with E-state index in [4.69, 9.17) is 13.6 Å². The highest BCUT2D eigenvalue weighted by atomic mass is 16.5. The van der Waals surface area contributed by atoms with Crippen molar-refractivity contribution in [3.63, 3.8) is 0 Å². The van der Waals surface area contributed by atoms with E-state index in [-0.39, 0.29) is 11.9 Å². The Morgan fingerprint density at radius 2 is 2.07 bits per heavy atom. The fourth-order valence-corrected chi connectivity index (χ4v) is 3.93. The molecule has 0 bridgehead atoms. The lowest BCUT2D eigenvalue weighted by Crippen LogP contribution is -2.40. The van der Waals surface area contributed by atoms with Crippen LogP contribution in [0, 0.1) is 6.92 Å². The summed E-state index contributed by atoms with van der Waals surface area (Å²) in [5.41, 5.74) is 1.50. The fourth-order valence-electron chi connectivity index (χ4n) is 3.93. The standard InChI is InChI=1S/C22H26N2O4/c1-15-17-13-16(26-2)8-9-19(17)28-21(15)22(25)23-14-18(20-7-6-12-27-20)24-10-4-3-5-11-24/h6-9,12-13,18H,3-5,10-11,14H2,1-2H3,(H,23,25)/t18-/m0/s1. The first kappa shape index (κ1) is 18.6. The third kappa shape index (κ3) is 3.64. The molecule has 3 aromatic rings. The van der Waals surface area contributed by atoms with Gasteiger partial charge in [0.05, 0.1) is 19.4 Å². The molecule has 148 valence electrons. The summed E-state index contributed by atoms with van der Waals surface area (Å²) < 4.78 is 16.8.